The molecule has 7 nitrogen and oxygen atoms in total. The Labute approximate surface area is 185 Å². The standard InChI is InChI=1S/C23H27N5O2S/c1-24-22(29)16-17-8-11-19(12-9-17)26-23-25-15-14-20(27-23)13-10-18-6-4-5-7-21(18)28(2)31(3)30/h4-9,11-12,14-15H,10,13,16H2,1-3H3,(H,24,29)(H,25,26,27). The van der Waals surface area contributed by atoms with E-state index in [2.05, 4.69) is 26.7 Å². The first-order chi connectivity index (χ1) is 15.0. The number of para-hydroxylation sites is 1. The van der Waals surface area contributed by atoms with Crippen molar-refractivity contribution in [3.8, 4) is 0 Å². The first kappa shape index (κ1) is 22.4. The molecule has 1 unspecified atom stereocenters. The first-order valence-electron chi connectivity index (χ1n) is 10.00. The highest BCUT2D eigenvalue weighted by atomic mass is 32.2. The number of nitrogens with zero attached hydrogens (tertiary/aromatic N) is 3. The van der Waals surface area contributed by atoms with Crippen molar-refractivity contribution in [2.75, 3.05) is 30.0 Å². The maximum atomic E-state index is 11.9. The van der Waals surface area contributed by atoms with Crippen LogP contribution in [0.3, 0.4) is 0 Å². The number of likely N-dealkylation sites (N-methyl/N-ethyl adjacent to an activating group) is 1. The van der Waals surface area contributed by atoms with E-state index < -0.39 is 11.0 Å². The van der Waals surface area contributed by atoms with Crippen LogP contribution < -0.4 is 14.9 Å². The van der Waals surface area contributed by atoms with E-state index >= 15 is 0 Å². The number of carbonyl (C=O) groups is 1. The number of amides is 1. The second kappa shape index (κ2) is 10.7. The predicted molar refractivity (Wildman–Crippen MR) is 126 cm³/mol. The number of benzene rings is 2. The van der Waals surface area contributed by atoms with Gasteiger partial charge in [-0.2, -0.15) is 0 Å². The SMILES string of the molecule is CNC(=O)Cc1ccc(Nc2nccc(CCc3ccccc3N(C)S(C)=O)n2)cc1. The van der Waals surface area contributed by atoms with E-state index in [0.29, 0.717) is 12.4 Å². The van der Waals surface area contributed by atoms with E-state index in [9.17, 15) is 9.00 Å². The fourth-order valence-electron chi connectivity index (χ4n) is 3.14. The first-order valence-corrected chi connectivity index (χ1v) is 11.5. The minimum atomic E-state index is -1.08. The highest BCUT2D eigenvalue weighted by Crippen LogP contribution is 2.22. The van der Waals surface area contributed by atoms with Crippen LogP contribution in [0.25, 0.3) is 0 Å². The Hall–Kier alpha value is -3.26. The van der Waals surface area contributed by atoms with E-state index in [1.165, 1.54) is 0 Å². The van der Waals surface area contributed by atoms with Gasteiger partial charge < -0.3 is 10.6 Å². The summed E-state index contributed by atoms with van der Waals surface area (Å²) in [7, 11) is 2.39. The molecule has 0 bridgehead atoms. The monoisotopic (exact) mass is 437 g/mol. The molecule has 0 saturated carbocycles. The van der Waals surface area contributed by atoms with Crippen molar-refractivity contribution >= 4 is 34.2 Å². The third kappa shape index (κ3) is 6.36. The Morgan fingerprint density at radius 2 is 1.81 bits per heavy atom. The van der Waals surface area contributed by atoms with Crippen LogP contribution in [-0.2, 0) is 35.0 Å². The molecular formula is C23H27N5O2S. The molecular weight excluding hydrogens is 410 g/mol. The van der Waals surface area contributed by atoms with Gasteiger partial charge in [-0.05, 0) is 48.2 Å². The maximum Gasteiger partial charge on any atom is 0.227 e. The molecule has 2 N–H and O–H groups in total. The number of rotatable bonds is 9. The topological polar surface area (TPSA) is 87.2 Å². The van der Waals surface area contributed by atoms with Gasteiger partial charge in [0.15, 0.2) is 0 Å². The van der Waals surface area contributed by atoms with E-state index in [1.54, 1.807) is 23.8 Å². The fraction of sp³-hybridized carbons (Fsp3) is 0.261. The number of carbonyl (C=O) groups excluding carboxylic acids is 1. The summed E-state index contributed by atoms with van der Waals surface area (Å²) in [4.78, 5) is 20.4. The van der Waals surface area contributed by atoms with Crippen LogP contribution in [0, 0.1) is 0 Å². The van der Waals surface area contributed by atoms with E-state index in [1.807, 2.05) is 55.6 Å². The maximum absolute atomic E-state index is 11.9. The molecule has 0 radical (unpaired) electrons. The van der Waals surface area contributed by atoms with Gasteiger partial charge in [-0.25, -0.2) is 14.2 Å². The molecule has 0 fully saturated rings. The van der Waals surface area contributed by atoms with Crippen molar-refractivity contribution in [2.45, 2.75) is 19.3 Å². The van der Waals surface area contributed by atoms with E-state index in [0.717, 1.165) is 41.0 Å². The Balaban J connectivity index is 1.65. The third-order valence-electron chi connectivity index (χ3n) is 4.93. The number of aryl methyl sites for hydroxylation is 2. The molecule has 2 aromatic carbocycles. The lowest BCUT2D eigenvalue weighted by Gasteiger charge is -2.19. The molecule has 162 valence electrons. The average molecular weight is 438 g/mol. The summed E-state index contributed by atoms with van der Waals surface area (Å²) in [6, 6.07) is 17.5. The van der Waals surface area contributed by atoms with Gasteiger partial charge in [-0.1, -0.05) is 30.3 Å². The number of anilines is 3. The van der Waals surface area contributed by atoms with E-state index in [-0.39, 0.29) is 5.91 Å². The van der Waals surface area contributed by atoms with Gasteiger partial charge in [0.25, 0.3) is 0 Å². The molecule has 31 heavy (non-hydrogen) atoms. The quantitative estimate of drug-likeness (QED) is 0.537. The van der Waals surface area contributed by atoms with Crippen molar-refractivity contribution in [3.63, 3.8) is 0 Å². The van der Waals surface area contributed by atoms with Crippen LogP contribution in [0.15, 0.2) is 60.8 Å². The van der Waals surface area contributed by atoms with Gasteiger partial charge in [0.1, 0.15) is 11.0 Å². The molecule has 1 heterocycles. The summed E-state index contributed by atoms with van der Waals surface area (Å²) < 4.78 is 13.6. The smallest absolute Gasteiger partial charge is 0.227 e. The number of hydrogen-bond donors (Lipinski definition) is 2. The summed E-state index contributed by atoms with van der Waals surface area (Å²) in [5.74, 6) is 0.506. The molecule has 0 aliphatic heterocycles. The van der Waals surface area contributed by atoms with Crippen molar-refractivity contribution < 1.29 is 9.00 Å². The second-order valence-electron chi connectivity index (χ2n) is 7.09. The van der Waals surface area contributed by atoms with Crippen molar-refractivity contribution in [1.82, 2.24) is 15.3 Å². The number of hydrogen-bond acceptors (Lipinski definition) is 5. The minimum Gasteiger partial charge on any atom is -0.359 e. The van der Waals surface area contributed by atoms with Crippen molar-refractivity contribution in [3.05, 3.63) is 77.6 Å². The lowest BCUT2D eigenvalue weighted by Crippen LogP contribution is -2.20. The third-order valence-corrected chi connectivity index (χ3v) is 5.90. The lowest BCUT2D eigenvalue weighted by molar-refractivity contribution is -0.119. The van der Waals surface area contributed by atoms with E-state index in [4.69, 9.17) is 0 Å². The Kier molecular flexibility index (Phi) is 7.72. The molecule has 0 spiro atoms. The Morgan fingerprint density at radius 1 is 1.06 bits per heavy atom. The summed E-state index contributed by atoms with van der Waals surface area (Å²) in [5, 5.41) is 5.83. The van der Waals surface area contributed by atoms with Gasteiger partial charge in [0.2, 0.25) is 11.9 Å². The molecule has 1 atom stereocenters. The number of nitrogens with one attached hydrogen (secondary N) is 2. The van der Waals surface area contributed by atoms with Crippen LogP contribution >= 0.6 is 0 Å². The zero-order valence-electron chi connectivity index (χ0n) is 18.0. The molecule has 1 aromatic heterocycles. The summed E-state index contributed by atoms with van der Waals surface area (Å²) in [6.07, 6.45) is 5.28. The molecule has 3 aromatic rings. The second-order valence-corrected chi connectivity index (χ2v) is 8.49. The zero-order valence-corrected chi connectivity index (χ0v) is 18.8. The Bertz CT molecular complexity index is 1060. The molecule has 0 aliphatic rings. The van der Waals surface area contributed by atoms with Gasteiger partial charge in [0.05, 0.1) is 12.1 Å². The normalized spacial score (nSPS) is 11.6. The zero-order chi connectivity index (χ0) is 22.2. The number of aromatic nitrogens is 2. The van der Waals surface area contributed by atoms with Crippen LogP contribution in [0.1, 0.15) is 16.8 Å². The molecule has 0 aliphatic carbocycles. The van der Waals surface area contributed by atoms with Crippen LogP contribution in [-0.4, -0.2) is 40.4 Å². The molecule has 1 amide bonds. The van der Waals surface area contributed by atoms with Crippen molar-refractivity contribution in [2.24, 2.45) is 0 Å². The van der Waals surface area contributed by atoms with Crippen LogP contribution in [0.2, 0.25) is 0 Å². The highest BCUT2D eigenvalue weighted by Gasteiger charge is 2.10. The van der Waals surface area contributed by atoms with Gasteiger partial charge >= 0.3 is 0 Å². The molecule has 3 rings (SSSR count). The lowest BCUT2D eigenvalue weighted by atomic mass is 10.1. The minimum absolute atomic E-state index is 0.0188. The average Bonchev–Trinajstić information content (AvgIpc) is 2.79. The van der Waals surface area contributed by atoms with Crippen LogP contribution in [0.4, 0.5) is 17.3 Å². The van der Waals surface area contributed by atoms with Crippen LogP contribution in [0.5, 0.6) is 0 Å². The summed E-state index contributed by atoms with van der Waals surface area (Å²) >= 11 is 0. The van der Waals surface area contributed by atoms with Gasteiger partial charge in [0, 0.05) is 37.9 Å². The summed E-state index contributed by atoms with van der Waals surface area (Å²) in [6.45, 7) is 0. The largest absolute Gasteiger partial charge is 0.359 e. The molecule has 8 heteroatoms. The highest BCUT2D eigenvalue weighted by molar-refractivity contribution is 7.85. The predicted octanol–water partition coefficient (Wildman–Crippen LogP) is 3.02. The van der Waals surface area contributed by atoms with Gasteiger partial charge in [-0.15, -0.1) is 0 Å². The molecule has 0 saturated heterocycles. The fourth-order valence-corrected chi connectivity index (χ4v) is 3.59. The van der Waals surface area contributed by atoms with Gasteiger partial charge in [-0.3, -0.25) is 9.10 Å². The van der Waals surface area contributed by atoms with Crippen molar-refractivity contribution in [1.29, 1.82) is 0 Å². The summed E-state index contributed by atoms with van der Waals surface area (Å²) in [5.41, 5.74) is 4.81. The Morgan fingerprint density at radius 3 is 2.52 bits per heavy atom.